The Morgan fingerprint density at radius 3 is 2.20 bits per heavy atom. The van der Waals surface area contributed by atoms with E-state index in [9.17, 15) is 9.59 Å². The first-order valence-electron chi connectivity index (χ1n) is 10.1. The standard InChI is InChI=1S/C26H22N2O2/c1-16-11-17(2)13-19(12-16)15-27-10-9-21-18(3)14-22-23(24(21)27)26(30)28(25(22)29)20-7-5-4-6-8-20/h4-14H,15H2,1-3H3. The van der Waals surface area contributed by atoms with Crippen LogP contribution in [0.25, 0.3) is 10.9 Å². The van der Waals surface area contributed by atoms with Gasteiger partial charge in [-0.3, -0.25) is 9.59 Å². The van der Waals surface area contributed by atoms with Crippen LogP contribution >= 0.6 is 0 Å². The van der Waals surface area contributed by atoms with Crippen molar-refractivity contribution in [1.29, 1.82) is 0 Å². The molecule has 5 rings (SSSR count). The molecule has 0 N–H and O–H groups in total. The first kappa shape index (κ1) is 18.4. The van der Waals surface area contributed by atoms with Crippen molar-refractivity contribution in [1.82, 2.24) is 4.57 Å². The van der Waals surface area contributed by atoms with Crippen molar-refractivity contribution in [2.75, 3.05) is 4.90 Å². The van der Waals surface area contributed by atoms with E-state index in [0.29, 0.717) is 23.4 Å². The van der Waals surface area contributed by atoms with Gasteiger partial charge in [0.25, 0.3) is 11.8 Å². The highest BCUT2D eigenvalue weighted by atomic mass is 16.2. The molecule has 4 nitrogen and oxygen atoms in total. The molecule has 1 aromatic heterocycles. The summed E-state index contributed by atoms with van der Waals surface area (Å²) in [6, 6.07) is 19.5. The van der Waals surface area contributed by atoms with Crippen LogP contribution in [-0.2, 0) is 6.54 Å². The van der Waals surface area contributed by atoms with Gasteiger partial charge in [0.2, 0.25) is 0 Å². The van der Waals surface area contributed by atoms with Gasteiger partial charge < -0.3 is 4.57 Å². The Morgan fingerprint density at radius 2 is 1.50 bits per heavy atom. The Hall–Kier alpha value is -3.66. The van der Waals surface area contributed by atoms with Crippen LogP contribution < -0.4 is 4.90 Å². The summed E-state index contributed by atoms with van der Waals surface area (Å²) in [5, 5.41) is 1.01. The van der Waals surface area contributed by atoms with E-state index < -0.39 is 0 Å². The molecular weight excluding hydrogens is 372 g/mol. The Morgan fingerprint density at radius 1 is 0.800 bits per heavy atom. The second-order valence-corrected chi connectivity index (χ2v) is 8.10. The number of aryl methyl sites for hydroxylation is 3. The number of aromatic nitrogens is 1. The van der Waals surface area contributed by atoms with Crippen LogP contribution in [0.2, 0.25) is 0 Å². The maximum Gasteiger partial charge on any atom is 0.268 e. The SMILES string of the molecule is Cc1cc(C)cc(Cn2ccc3c(C)cc4c(c32)C(=O)N(c2ccccc2)C4=O)c1. The molecule has 1 aliphatic rings. The number of anilines is 1. The van der Waals surface area contributed by atoms with Crippen LogP contribution in [0.5, 0.6) is 0 Å². The lowest BCUT2D eigenvalue weighted by molar-refractivity contribution is 0.0926. The summed E-state index contributed by atoms with van der Waals surface area (Å²) in [5.74, 6) is -0.517. The zero-order chi connectivity index (χ0) is 21.0. The molecule has 2 amide bonds. The Kier molecular flexibility index (Phi) is 4.10. The highest BCUT2D eigenvalue weighted by molar-refractivity contribution is 6.37. The molecule has 0 aliphatic carbocycles. The number of imide groups is 1. The van der Waals surface area contributed by atoms with E-state index in [1.165, 1.54) is 21.6 Å². The van der Waals surface area contributed by atoms with Crippen molar-refractivity contribution in [3.05, 3.63) is 100 Å². The maximum absolute atomic E-state index is 13.4. The van der Waals surface area contributed by atoms with E-state index >= 15 is 0 Å². The molecule has 0 atom stereocenters. The minimum absolute atomic E-state index is 0.258. The number of hydrogen-bond acceptors (Lipinski definition) is 2. The van der Waals surface area contributed by atoms with E-state index in [2.05, 4.69) is 36.6 Å². The predicted molar refractivity (Wildman–Crippen MR) is 119 cm³/mol. The highest BCUT2D eigenvalue weighted by Gasteiger charge is 2.39. The third-order valence-corrected chi connectivity index (χ3v) is 5.75. The van der Waals surface area contributed by atoms with Gasteiger partial charge >= 0.3 is 0 Å². The molecule has 2 heterocycles. The average molecular weight is 394 g/mol. The molecule has 0 spiro atoms. The monoisotopic (exact) mass is 394 g/mol. The molecule has 1 aliphatic heterocycles. The Balaban J connectivity index is 1.69. The fourth-order valence-corrected chi connectivity index (χ4v) is 4.57. The van der Waals surface area contributed by atoms with Gasteiger partial charge in [-0.1, -0.05) is 47.5 Å². The lowest BCUT2D eigenvalue weighted by Gasteiger charge is -2.13. The second kappa shape index (κ2) is 6.70. The van der Waals surface area contributed by atoms with Gasteiger partial charge in [-0.15, -0.1) is 0 Å². The van der Waals surface area contributed by atoms with Crippen molar-refractivity contribution in [2.45, 2.75) is 27.3 Å². The quantitative estimate of drug-likeness (QED) is 0.436. The van der Waals surface area contributed by atoms with E-state index in [1.54, 1.807) is 12.1 Å². The molecule has 3 aromatic carbocycles. The lowest BCUT2D eigenvalue weighted by Crippen LogP contribution is -2.29. The Bertz CT molecular complexity index is 1310. The maximum atomic E-state index is 13.4. The summed E-state index contributed by atoms with van der Waals surface area (Å²) < 4.78 is 2.09. The van der Waals surface area contributed by atoms with Crippen LogP contribution in [0.3, 0.4) is 0 Å². The van der Waals surface area contributed by atoms with Gasteiger partial charge in [0, 0.05) is 18.1 Å². The smallest absolute Gasteiger partial charge is 0.268 e. The molecule has 4 heteroatoms. The van der Waals surface area contributed by atoms with Crippen molar-refractivity contribution < 1.29 is 9.59 Å². The molecule has 0 fully saturated rings. The molecular formula is C26H22N2O2. The van der Waals surface area contributed by atoms with Gasteiger partial charge in [-0.05, 0) is 56.2 Å². The largest absolute Gasteiger partial charge is 0.342 e. The molecule has 0 bridgehead atoms. The molecule has 30 heavy (non-hydrogen) atoms. The van der Waals surface area contributed by atoms with Crippen LogP contribution in [0.4, 0.5) is 5.69 Å². The number of fused-ring (bicyclic) bond motifs is 3. The number of rotatable bonds is 3. The number of benzene rings is 3. The van der Waals surface area contributed by atoms with Crippen LogP contribution in [0, 0.1) is 20.8 Å². The minimum atomic E-state index is -0.259. The Labute approximate surface area is 175 Å². The highest BCUT2D eigenvalue weighted by Crippen LogP contribution is 2.36. The van der Waals surface area contributed by atoms with Crippen molar-refractivity contribution in [2.24, 2.45) is 0 Å². The van der Waals surface area contributed by atoms with Gasteiger partial charge in [0.15, 0.2) is 0 Å². The molecule has 0 saturated heterocycles. The van der Waals surface area contributed by atoms with Gasteiger partial charge in [0.05, 0.1) is 22.3 Å². The van der Waals surface area contributed by atoms with Crippen molar-refractivity contribution in [3.63, 3.8) is 0 Å². The van der Waals surface area contributed by atoms with Crippen LogP contribution in [-0.4, -0.2) is 16.4 Å². The molecule has 0 radical (unpaired) electrons. The average Bonchev–Trinajstić information content (AvgIpc) is 3.21. The topological polar surface area (TPSA) is 42.3 Å². The third-order valence-electron chi connectivity index (χ3n) is 5.75. The second-order valence-electron chi connectivity index (χ2n) is 8.10. The molecule has 0 saturated carbocycles. The van der Waals surface area contributed by atoms with Crippen LogP contribution in [0.15, 0.2) is 66.9 Å². The summed E-state index contributed by atoms with van der Waals surface area (Å²) in [6.45, 7) is 6.82. The van der Waals surface area contributed by atoms with E-state index in [0.717, 1.165) is 16.5 Å². The van der Waals surface area contributed by atoms with Gasteiger partial charge in [-0.25, -0.2) is 4.90 Å². The number of para-hydroxylation sites is 1. The molecule has 148 valence electrons. The minimum Gasteiger partial charge on any atom is -0.342 e. The first-order valence-corrected chi connectivity index (χ1v) is 10.1. The van der Waals surface area contributed by atoms with Crippen molar-refractivity contribution in [3.8, 4) is 0 Å². The zero-order valence-corrected chi connectivity index (χ0v) is 17.3. The van der Waals surface area contributed by atoms with Crippen molar-refractivity contribution >= 4 is 28.4 Å². The van der Waals surface area contributed by atoms with Gasteiger partial charge in [-0.2, -0.15) is 0 Å². The molecule has 0 unspecified atom stereocenters. The summed E-state index contributed by atoms with van der Waals surface area (Å²) in [6.07, 6.45) is 2.01. The van der Waals surface area contributed by atoms with Crippen LogP contribution in [0.1, 0.15) is 43.0 Å². The summed E-state index contributed by atoms with van der Waals surface area (Å²) in [4.78, 5) is 27.9. The summed E-state index contributed by atoms with van der Waals surface area (Å²) in [5.41, 5.74) is 7.01. The zero-order valence-electron chi connectivity index (χ0n) is 17.3. The normalized spacial score (nSPS) is 13.4. The van der Waals surface area contributed by atoms with E-state index in [1.807, 2.05) is 43.5 Å². The number of amides is 2. The van der Waals surface area contributed by atoms with E-state index in [-0.39, 0.29) is 11.8 Å². The lowest BCUT2D eigenvalue weighted by atomic mass is 10.0. The predicted octanol–water partition coefficient (Wildman–Crippen LogP) is 5.42. The fraction of sp³-hybridized carbons (Fsp3) is 0.154. The number of carbonyl (C=O) groups excluding carboxylic acids is 2. The van der Waals surface area contributed by atoms with Gasteiger partial charge in [0.1, 0.15) is 0 Å². The number of nitrogens with zero attached hydrogens (tertiary/aromatic N) is 2. The molecule has 4 aromatic rings. The first-order chi connectivity index (χ1) is 14.4. The number of hydrogen-bond donors (Lipinski definition) is 0. The fourth-order valence-electron chi connectivity index (χ4n) is 4.57. The number of carbonyl (C=O) groups is 2. The summed E-state index contributed by atoms with van der Waals surface area (Å²) >= 11 is 0. The third kappa shape index (κ3) is 2.76. The van der Waals surface area contributed by atoms with E-state index in [4.69, 9.17) is 0 Å². The summed E-state index contributed by atoms with van der Waals surface area (Å²) in [7, 11) is 0.